The van der Waals surface area contributed by atoms with Crippen molar-refractivity contribution in [2.45, 2.75) is 0 Å². The van der Waals surface area contributed by atoms with Gasteiger partial charge in [0, 0.05) is 6.08 Å². The van der Waals surface area contributed by atoms with Gasteiger partial charge in [0.1, 0.15) is 5.75 Å². The zero-order chi connectivity index (χ0) is 10.6. The van der Waals surface area contributed by atoms with Crippen LogP contribution in [0.1, 0.15) is 5.56 Å². The molecule has 0 atom stereocenters. The fraction of sp³-hybridized carbons (Fsp3) is 0.100. The number of halogens is 1. The van der Waals surface area contributed by atoms with Gasteiger partial charge in [-0.15, -0.1) is 0 Å². The van der Waals surface area contributed by atoms with Crippen molar-refractivity contribution in [3.8, 4) is 5.75 Å². The topological polar surface area (TPSA) is 46.5 Å². The lowest BCUT2D eigenvalue weighted by molar-refractivity contribution is -0.131. The lowest BCUT2D eigenvalue weighted by Gasteiger charge is -2.04. The quantitative estimate of drug-likeness (QED) is 0.846. The first-order chi connectivity index (χ1) is 6.65. The maximum atomic E-state index is 10.3. The Morgan fingerprint density at radius 2 is 2.29 bits per heavy atom. The number of aliphatic carboxylic acids is 1. The smallest absolute Gasteiger partial charge is 0.328 e. The molecule has 0 saturated carbocycles. The Morgan fingerprint density at radius 3 is 2.86 bits per heavy atom. The lowest BCUT2D eigenvalue weighted by atomic mass is 10.2. The highest BCUT2D eigenvalue weighted by molar-refractivity contribution is 9.10. The first-order valence-corrected chi connectivity index (χ1v) is 4.68. The van der Waals surface area contributed by atoms with Crippen LogP contribution < -0.4 is 4.74 Å². The number of ether oxygens (including phenoxy) is 1. The highest BCUT2D eigenvalue weighted by atomic mass is 79.9. The summed E-state index contributed by atoms with van der Waals surface area (Å²) in [5.41, 5.74) is 0.770. The van der Waals surface area contributed by atoms with Crippen LogP contribution in [0.5, 0.6) is 5.75 Å². The third-order valence-electron chi connectivity index (χ3n) is 1.62. The minimum absolute atomic E-state index is 0.678. The summed E-state index contributed by atoms with van der Waals surface area (Å²) in [5, 5.41) is 8.46. The number of hydrogen-bond acceptors (Lipinski definition) is 2. The summed E-state index contributed by atoms with van der Waals surface area (Å²) in [6.45, 7) is 0. The first-order valence-electron chi connectivity index (χ1n) is 3.88. The predicted octanol–water partition coefficient (Wildman–Crippen LogP) is 2.56. The van der Waals surface area contributed by atoms with E-state index in [0.717, 1.165) is 16.1 Å². The number of hydrogen-bond donors (Lipinski definition) is 1. The van der Waals surface area contributed by atoms with Crippen LogP contribution in [0.15, 0.2) is 28.7 Å². The fourth-order valence-electron chi connectivity index (χ4n) is 0.975. The van der Waals surface area contributed by atoms with Gasteiger partial charge in [-0.2, -0.15) is 0 Å². The van der Waals surface area contributed by atoms with Crippen LogP contribution in [-0.4, -0.2) is 18.2 Å². The standard InChI is InChI=1S/C10H9BrO3/c1-14-8-4-2-3-7(10(8)11)5-6-9(12)13/h2-6H,1H3,(H,12,13)/b6-5+. The minimum atomic E-state index is -0.972. The monoisotopic (exact) mass is 256 g/mol. The summed E-state index contributed by atoms with van der Waals surface area (Å²) in [7, 11) is 1.56. The zero-order valence-corrected chi connectivity index (χ0v) is 9.11. The number of carbonyl (C=O) groups is 1. The van der Waals surface area contributed by atoms with E-state index in [0.29, 0.717) is 5.75 Å². The van der Waals surface area contributed by atoms with Gasteiger partial charge in [-0.1, -0.05) is 12.1 Å². The molecule has 0 unspecified atom stereocenters. The molecule has 0 fully saturated rings. The van der Waals surface area contributed by atoms with Crippen LogP contribution in [0.25, 0.3) is 6.08 Å². The molecule has 14 heavy (non-hydrogen) atoms. The summed E-state index contributed by atoms with van der Waals surface area (Å²) in [6.07, 6.45) is 2.59. The van der Waals surface area contributed by atoms with Gasteiger partial charge in [-0.3, -0.25) is 0 Å². The highest BCUT2D eigenvalue weighted by Gasteiger charge is 2.02. The van der Waals surface area contributed by atoms with Crippen LogP contribution >= 0.6 is 15.9 Å². The molecule has 0 amide bonds. The van der Waals surface area contributed by atoms with Gasteiger partial charge in [0.25, 0.3) is 0 Å². The van der Waals surface area contributed by atoms with Crippen molar-refractivity contribution in [3.05, 3.63) is 34.3 Å². The van der Waals surface area contributed by atoms with Crippen LogP contribution in [0.2, 0.25) is 0 Å². The Bertz CT molecular complexity index is 372. The normalized spacial score (nSPS) is 10.4. The van der Waals surface area contributed by atoms with Crippen LogP contribution in [0, 0.1) is 0 Å². The molecule has 0 radical (unpaired) electrons. The van der Waals surface area contributed by atoms with E-state index in [-0.39, 0.29) is 0 Å². The molecule has 74 valence electrons. The Morgan fingerprint density at radius 1 is 1.57 bits per heavy atom. The molecule has 0 aliphatic heterocycles. The maximum absolute atomic E-state index is 10.3. The highest BCUT2D eigenvalue weighted by Crippen LogP contribution is 2.28. The largest absolute Gasteiger partial charge is 0.496 e. The SMILES string of the molecule is COc1cccc(/C=C/C(=O)O)c1Br. The van der Waals surface area contributed by atoms with Gasteiger partial charge in [0.2, 0.25) is 0 Å². The Labute approximate surface area is 90.1 Å². The molecular formula is C10H9BrO3. The summed E-state index contributed by atoms with van der Waals surface area (Å²) in [4.78, 5) is 10.3. The van der Waals surface area contributed by atoms with E-state index in [1.54, 1.807) is 25.3 Å². The maximum Gasteiger partial charge on any atom is 0.328 e. The second-order valence-electron chi connectivity index (χ2n) is 2.54. The Hall–Kier alpha value is -1.29. The van der Waals surface area contributed by atoms with Crippen LogP contribution in [0.3, 0.4) is 0 Å². The Balaban J connectivity index is 3.03. The molecule has 1 rings (SSSR count). The number of methoxy groups -OCH3 is 1. The van der Waals surface area contributed by atoms with Crippen molar-refractivity contribution < 1.29 is 14.6 Å². The molecule has 0 aliphatic rings. The first kappa shape index (κ1) is 10.8. The van der Waals surface area contributed by atoms with E-state index in [9.17, 15) is 4.79 Å². The number of benzene rings is 1. The summed E-state index contributed by atoms with van der Waals surface area (Å²) in [6, 6.07) is 5.39. The van der Waals surface area contributed by atoms with E-state index in [1.165, 1.54) is 6.08 Å². The second kappa shape index (κ2) is 4.81. The lowest BCUT2D eigenvalue weighted by Crippen LogP contribution is -1.88. The molecule has 0 bridgehead atoms. The van der Waals surface area contributed by atoms with Gasteiger partial charge >= 0.3 is 5.97 Å². The summed E-state index contributed by atoms with van der Waals surface area (Å²) < 4.78 is 5.81. The van der Waals surface area contributed by atoms with Gasteiger partial charge < -0.3 is 9.84 Å². The van der Waals surface area contributed by atoms with E-state index in [1.807, 2.05) is 0 Å². The predicted molar refractivity (Wildman–Crippen MR) is 57.4 cm³/mol. The molecule has 1 N–H and O–H groups in total. The number of rotatable bonds is 3. The zero-order valence-electron chi connectivity index (χ0n) is 7.53. The minimum Gasteiger partial charge on any atom is -0.496 e. The van der Waals surface area contributed by atoms with Crippen molar-refractivity contribution in [1.82, 2.24) is 0 Å². The second-order valence-corrected chi connectivity index (χ2v) is 3.33. The molecule has 1 aromatic rings. The van der Waals surface area contributed by atoms with E-state index < -0.39 is 5.97 Å². The molecule has 0 aromatic heterocycles. The van der Waals surface area contributed by atoms with Crippen molar-refractivity contribution >= 4 is 28.0 Å². The third-order valence-corrected chi connectivity index (χ3v) is 2.47. The van der Waals surface area contributed by atoms with Gasteiger partial charge in [-0.25, -0.2) is 4.79 Å². The number of carboxylic acid groups (broad SMARTS) is 1. The Kier molecular flexibility index (Phi) is 3.71. The molecule has 1 aromatic carbocycles. The molecule has 0 saturated heterocycles. The third kappa shape index (κ3) is 2.60. The number of carboxylic acids is 1. The van der Waals surface area contributed by atoms with Gasteiger partial charge in [0.05, 0.1) is 11.6 Å². The van der Waals surface area contributed by atoms with E-state index in [2.05, 4.69) is 15.9 Å². The van der Waals surface area contributed by atoms with Crippen molar-refractivity contribution in [1.29, 1.82) is 0 Å². The fourth-order valence-corrected chi connectivity index (χ4v) is 1.53. The van der Waals surface area contributed by atoms with Gasteiger partial charge in [0.15, 0.2) is 0 Å². The molecule has 0 spiro atoms. The molecule has 3 nitrogen and oxygen atoms in total. The summed E-state index contributed by atoms with van der Waals surface area (Å²) in [5.74, 6) is -0.294. The van der Waals surface area contributed by atoms with Crippen molar-refractivity contribution in [2.75, 3.05) is 7.11 Å². The molecule has 4 heteroatoms. The average Bonchev–Trinajstić information content (AvgIpc) is 2.16. The van der Waals surface area contributed by atoms with Crippen molar-refractivity contribution in [2.24, 2.45) is 0 Å². The average molecular weight is 257 g/mol. The molecular weight excluding hydrogens is 248 g/mol. The molecule has 0 heterocycles. The van der Waals surface area contributed by atoms with E-state index >= 15 is 0 Å². The van der Waals surface area contributed by atoms with Crippen molar-refractivity contribution in [3.63, 3.8) is 0 Å². The molecule has 0 aliphatic carbocycles. The van der Waals surface area contributed by atoms with E-state index in [4.69, 9.17) is 9.84 Å². The summed E-state index contributed by atoms with van der Waals surface area (Å²) >= 11 is 3.32. The van der Waals surface area contributed by atoms with Crippen LogP contribution in [0.4, 0.5) is 0 Å². The van der Waals surface area contributed by atoms with Gasteiger partial charge in [-0.05, 0) is 33.6 Å². The van der Waals surface area contributed by atoms with Crippen LogP contribution in [-0.2, 0) is 4.79 Å².